The van der Waals surface area contributed by atoms with Gasteiger partial charge in [-0.3, -0.25) is 0 Å². The first-order valence-electron chi connectivity index (χ1n) is 7.06. The lowest BCUT2D eigenvalue weighted by Gasteiger charge is -2.44. The van der Waals surface area contributed by atoms with Crippen LogP contribution in [0.3, 0.4) is 0 Å². The molecule has 2 aliphatic heterocycles. The summed E-state index contributed by atoms with van der Waals surface area (Å²) in [7, 11) is 0. The van der Waals surface area contributed by atoms with Crippen LogP contribution in [0, 0.1) is 0 Å². The topological polar surface area (TPSA) is 224 Å². The molecule has 0 spiro atoms. The number of hydrogen-bond acceptors (Lipinski definition) is 11. The van der Waals surface area contributed by atoms with Gasteiger partial charge in [0, 0.05) is 0 Å². The highest BCUT2D eigenvalue weighted by atomic mass is 16.7. The third kappa shape index (κ3) is 3.74. The molecule has 0 radical (unpaired) electrons. The maximum absolute atomic E-state index is 11.2. The van der Waals surface area contributed by atoms with Crippen molar-refractivity contribution >= 4 is 11.9 Å². The number of carbonyl (C=O) groups is 2. The van der Waals surface area contributed by atoms with E-state index in [9.17, 15) is 40.2 Å². The quantitative estimate of drug-likeness (QED) is 0.232. The number of aliphatic hydroxyl groups excluding tert-OH is 6. The van der Waals surface area contributed by atoms with E-state index >= 15 is 0 Å². The molecule has 25 heavy (non-hydrogen) atoms. The summed E-state index contributed by atoms with van der Waals surface area (Å²) in [6.45, 7) is 0. The van der Waals surface area contributed by atoms with E-state index in [1.165, 1.54) is 0 Å². The zero-order chi connectivity index (χ0) is 19.0. The van der Waals surface area contributed by atoms with Crippen molar-refractivity contribution in [1.29, 1.82) is 0 Å². The van der Waals surface area contributed by atoms with Crippen molar-refractivity contribution in [1.82, 2.24) is 0 Å². The second-order valence-corrected chi connectivity index (χ2v) is 5.60. The fourth-order valence-electron chi connectivity index (χ4n) is 2.52. The van der Waals surface area contributed by atoms with Gasteiger partial charge in [0.1, 0.15) is 36.6 Å². The highest BCUT2D eigenvalue weighted by Crippen LogP contribution is 2.28. The molecule has 2 heterocycles. The maximum Gasteiger partial charge on any atom is 0.335 e. The lowest BCUT2D eigenvalue weighted by atomic mass is 9.96. The van der Waals surface area contributed by atoms with Gasteiger partial charge < -0.3 is 55.1 Å². The zero-order valence-electron chi connectivity index (χ0n) is 12.4. The van der Waals surface area contributed by atoms with Gasteiger partial charge in [0.05, 0.1) is 0 Å². The molecule has 0 aliphatic carbocycles. The summed E-state index contributed by atoms with van der Waals surface area (Å²) in [5, 5.41) is 75.9. The molecular formula is C12H18O13. The van der Waals surface area contributed by atoms with E-state index in [0.717, 1.165) is 0 Å². The van der Waals surface area contributed by atoms with E-state index in [0.29, 0.717) is 0 Å². The van der Waals surface area contributed by atoms with Crippen molar-refractivity contribution in [2.75, 3.05) is 0 Å². The smallest absolute Gasteiger partial charge is 0.335 e. The molecule has 0 saturated carbocycles. The van der Waals surface area contributed by atoms with E-state index < -0.39 is 73.4 Å². The summed E-state index contributed by atoms with van der Waals surface area (Å²) >= 11 is 0. The van der Waals surface area contributed by atoms with Crippen LogP contribution in [0.25, 0.3) is 0 Å². The molecule has 0 aromatic carbocycles. The number of ether oxygens (including phenoxy) is 3. The van der Waals surface area contributed by atoms with Crippen molar-refractivity contribution in [2.24, 2.45) is 0 Å². The number of hydrogen-bond donors (Lipinski definition) is 8. The third-order valence-electron chi connectivity index (χ3n) is 3.91. The van der Waals surface area contributed by atoms with Gasteiger partial charge in [0.25, 0.3) is 0 Å². The zero-order valence-corrected chi connectivity index (χ0v) is 12.4. The van der Waals surface area contributed by atoms with Crippen LogP contribution in [0.1, 0.15) is 0 Å². The SMILES string of the molecule is O=C(O)C1O[C@@H](O[C@@H]2C(C(=O)O)O[C@@H](O)[C@@H](O)[C@H]2O)[C@@H](O)[C@@H](O)[C@@H]1O. The van der Waals surface area contributed by atoms with Crippen LogP contribution in [0.15, 0.2) is 0 Å². The van der Waals surface area contributed by atoms with Crippen molar-refractivity contribution in [3.63, 3.8) is 0 Å². The Labute approximate surface area is 139 Å². The Morgan fingerprint density at radius 3 is 1.76 bits per heavy atom. The summed E-state index contributed by atoms with van der Waals surface area (Å²) in [4.78, 5) is 22.2. The fraction of sp³-hybridized carbons (Fsp3) is 0.833. The molecule has 13 nitrogen and oxygen atoms in total. The summed E-state index contributed by atoms with van der Waals surface area (Å²) in [5.41, 5.74) is 0. The van der Waals surface area contributed by atoms with Gasteiger partial charge in [-0.2, -0.15) is 0 Å². The highest BCUT2D eigenvalue weighted by molar-refractivity contribution is 5.74. The average Bonchev–Trinajstić information content (AvgIpc) is 2.54. The lowest BCUT2D eigenvalue weighted by molar-refractivity contribution is -0.346. The highest BCUT2D eigenvalue weighted by Gasteiger charge is 2.53. The summed E-state index contributed by atoms with van der Waals surface area (Å²) in [6, 6.07) is 0. The molecule has 2 saturated heterocycles. The molecule has 2 aliphatic rings. The first-order chi connectivity index (χ1) is 11.6. The first-order valence-corrected chi connectivity index (χ1v) is 7.06. The lowest BCUT2D eigenvalue weighted by Crippen LogP contribution is -2.65. The predicted molar refractivity (Wildman–Crippen MR) is 69.7 cm³/mol. The largest absolute Gasteiger partial charge is 0.479 e. The molecule has 2 rings (SSSR count). The van der Waals surface area contributed by atoms with Crippen molar-refractivity contribution in [3.05, 3.63) is 0 Å². The molecule has 0 aromatic rings. The molecule has 0 aromatic heterocycles. The van der Waals surface area contributed by atoms with E-state index in [-0.39, 0.29) is 0 Å². The molecule has 2 fully saturated rings. The fourth-order valence-corrected chi connectivity index (χ4v) is 2.52. The Bertz CT molecular complexity index is 511. The molecular weight excluding hydrogens is 352 g/mol. The number of aliphatic hydroxyl groups is 6. The van der Waals surface area contributed by atoms with Gasteiger partial charge in [0.15, 0.2) is 24.8 Å². The summed E-state index contributed by atoms with van der Waals surface area (Å²) in [5.74, 6) is -3.39. The molecule has 0 bridgehead atoms. The predicted octanol–water partition coefficient (Wildman–Crippen LogP) is -5.21. The van der Waals surface area contributed by atoms with Gasteiger partial charge in [0.2, 0.25) is 0 Å². The average molecular weight is 370 g/mol. The Morgan fingerprint density at radius 1 is 0.680 bits per heavy atom. The minimum Gasteiger partial charge on any atom is -0.479 e. The van der Waals surface area contributed by atoms with Gasteiger partial charge in [-0.25, -0.2) is 9.59 Å². The standard InChI is InChI=1S/C12H18O13/c13-1-2(14)7(9(18)19)25-12(5(1)17)24-6-3(15)4(16)11(22)23-8(6)10(20)21/h1-8,11-17,22H,(H,18,19)(H,20,21)/t1-,2-,3+,4-,5-,6-,7?,8?,11+,12+/m0/s1. The monoisotopic (exact) mass is 370 g/mol. The van der Waals surface area contributed by atoms with Crippen LogP contribution in [0.4, 0.5) is 0 Å². The van der Waals surface area contributed by atoms with Gasteiger partial charge in [-0.05, 0) is 0 Å². The molecule has 10 atom stereocenters. The Morgan fingerprint density at radius 2 is 1.24 bits per heavy atom. The van der Waals surface area contributed by atoms with E-state index in [2.05, 4.69) is 4.74 Å². The van der Waals surface area contributed by atoms with Crippen LogP contribution >= 0.6 is 0 Å². The Balaban J connectivity index is 2.22. The summed E-state index contributed by atoms with van der Waals surface area (Å²) in [6.07, 6.45) is -19.9. The molecule has 2 unspecified atom stereocenters. The maximum atomic E-state index is 11.2. The van der Waals surface area contributed by atoms with E-state index in [1.54, 1.807) is 0 Å². The van der Waals surface area contributed by atoms with Crippen LogP contribution in [-0.4, -0.2) is 114 Å². The molecule has 8 N–H and O–H groups in total. The van der Waals surface area contributed by atoms with Gasteiger partial charge >= 0.3 is 11.9 Å². The minimum atomic E-state index is -2.03. The second-order valence-electron chi connectivity index (χ2n) is 5.60. The number of aliphatic carboxylic acids is 2. The number of rotatable bonds is 4. The van der Waals surface area contributed by atoms with E-state index in [1.807, 2.05) is 0 Å². The van der Waals surface area contributed by atoms with E-state index in [4.69, 9.17) is 19.7 Å². The first kappa shape index (κ1) is 19.9. The Hall–Kier alpha value is -1.42. The minimum absolute atomic E-state index is 1.70. The van der Waals surface area contributed by atoms with Crippen LogP contribution in [-0.2, 0) is 23.8 Å². The van der Waals surface area contributed by atoms with Crippen LogP contribution in [0.2, 0.25) is 0 Å². The third-order valence-corrected chi connectivity index (χ3v) is 3.91. The summed E-state index contributed by atoms with van der Waals surface area (Å²) < 4.78 is 14.4. The normalized spacial score (nSPS) is 48.1. The van der Waals surface area contributed by atoms with Gasteiger partial charge in [-0.1, -0.05) is 0 Å². The Kier molecular flexibility index (Phi) is 5.93. The van der Waals surface area contributed by atoms with Crippen LogP contribution < -0.4 is 0 Å². The second kappa shape index (κ2) is 7.45. The van der Waals surface area contributed by atoms with Crippen LogP contribution in [0.5, 0.6) is 0 Å². The van der Waals surface area contributed by atoms with Crippen molar-refractivity contribution in [2.45, 2.75) is 61.4 Å². The van der Waals surface area contributed by atoms with Crippen molar-refractivity contribution in [3.8, 4) is 0 Å². The number of carboxylic acids is 2. The van der Waals surface area contributed by atoms with Gasteiger partial charge in [-0.15, -0.1) is 0 Å². The van der Waals surface area contributed by atoms with Crippen molar-refractivity contribution < 1.29 is 64.7 Å². The molecule has 144 valence electrons. The molecule has 0 amide bonds. The number of carboxylic acid groups (broad SMARTS) is 2. The molecule has 13 heteroatoms.